The van der Waals surface area contributed by atoms with Gasteiger partial charge in [-0.3, -0.25) is 4.79 Å². The molecule has 0 heterocycles. The van der Waals surface area contributed by atoms with Crippen molar-refractivity contribution in [2.24, 2.45) is 15.3 Å². The Labute approximate surface area is 115 Å². The van der Waals surface area contributed by atoms with E-state index in [1.54, 1.807) is 30.3 Å². The highest BCUT2D eigenvalue weighted by atomic mass is 16.1. The van der Waals surface area contributed by atoms with Crippen LogP contribution in [0.3, 0.4) is 0 Å². The Morgan fingerprint density at radius 1 is 1.05 bits per heavy atom. The van der Waals surface area contributed by atoms with E-state index in [0.29, 0.717) is 16.9 Å². The summed E-state index contributed by atoms with van der Waals surface area (Å²) in [5.74, 6) is -0.191. The predicted octanol–water partition coefficient (Wildman–Crippen LogP) is 5.25. The van der Waals surface area contributed by atoms with Gasteiger partial charge in [0.25, 0.3) is 0 Å². The van der Waals surface area contributed by atoms with E-state index in [1.165, 1.54) is 6.92 Å². The Bertz CT molecular complexity index is 703. The summed E-state index contributed by atoms with van der Waals surface area (Å²) in [5, 5.41) is 11.6. The van der Waals surface area contributed by atoms with Gasteiger partial charge < -0.3 is 0 Å². The monoisotopic (exact) mass is 265 g/mol. The van der Waals surface area contributed by atoms with Crippen LogP contribution >= 0.6 is 0 Å². The van der Waals surface area contributed by atoms with Crippen molar-refractivity contribution in [3.8, 4) is 0 Å². The Morgan fingerprint density at radius 2 is 1.80 bits per heavy atom. The highest BCUT2D eigenvalue weighted by Gasteiger charge is 2.10. The molecule has 2 aromatic carbocycles. The topological polar surface area (TPSA) is 90.5 Å². The summed E-state index contributed by atoms with van der Waals surface area (Å²) in [5.41, 5.74) is 10.2. The number of hydrogen-bond donors (Lipinski definition) is 0. The molecule has 0 bridgehead atoms. The zero-order valence-corrected chi connectivity index (χ0v) is 10.8. The number of azide groups is 1. The summed E-state index contributed by atoms with van der Waals surface area (Å²) in [6.07, 6.45) is 0. The molecule has 0 fully saturated rings. The number of ketones is 1. The quantitative estimate of drug-likeness (QED) is 0.321. The zero-order chi connectivity index (χ0) is 14.4. The van der Waals surface area contributed by atoms with Crippen molar-refractivity contribution < 1.29 is 4.79 Å². The highest BCUT2D eigenvalue weighted by Crippen LogP contribution is 2.33. The molecule has 0 saturated heterocycles. The van der Waals surface area contributed by atoms with Crippen LogP contribution in [0, 0.1) is 0 Å². The number of benzene rings is 2. The molecular weight excluding hydrogens is 254 g/mol. The molecular formula is C14H11N5O. The second-order valence-electron chi connectivity index (χ2n) is 3.95. The molecule has 98 valence electrons. The van der Waals surface area contributed by atoms with Gasteiger partial charge in [0.15, 0.2) is 5.78 Å². The Hall–Kier alpha value is -2.98. The number of rotatable bonds is 4. The minimum Gasteiger partial charge on any atom is -0.294 e. The summed E-state index contributed by atoms with van der Waals surface area (Å²) in [6, 6.07) is 14.1. The van der Waals surface area contributed by atoms with Crippen LogP contribution in [0.4, 0.5) is 17.1 Å². The Kier molecular flexibility index (Phi) is 4.21. The fourth-order valence-corrected chi connectivity index (χ4v) is 1.65. The largest absolute Gasteiger partial charge is 0.294 e. The van der Waals surface area contributed by atoms with Crippen molar-refractivity contribution in [3.05, 3.63) is 64.5 Å². The van der Waals surface area contributed by atoms with Crippen molar-refractivity contribution in [2.75, 3.05) is 0 Å². The maximum Gasteiger partial charge on any atom is 0.160 e. The van der Waals surface area contributed by atoms with E-state index in [1.807, 2.05) is 18.2 Å². The summed E-state index contributed by atoms with van der Waals surface area (Å²) in [7, 11) is 0. The molecule has 0 aromatic heterocycles. The molecule has 0 aliphatic heterocycles. The van der Waals surface area contributed by atoms with Gasteiger partial charge in [-0.05, 0) is 30.7 Å². The molecule has 0 aliphatic carbocycles. The van der Waals surface area contributed by atoms with Crippen molar-refractivity contribution >= 4 is 22.8 Å². The normalized spacial score (nSPS) is 10.2. The molecule has 0 spiro atoms. The first-order chi connectivity index (χ1) is 9.72. The van der Waals surface area contributed by atoms with E-state index in [2.05, 4.69) is 20.3 Å². The number of carbonyl (C=O) groups excluding carboxylic acids is 1. The number of Topliss-reactive ketones (excluding diaryl/α,β-unsaturated/α-hetero) is 1. The molecule has 0 atom stereocenters. The van der Waals surface area contributed by atoms with Crippen LogP contribution < -0.4 is 0 Å². The van der Waals surface area contributed by atoms with Crippen LogP contribution in [-0.4, -0.2) is 5.78 Å². The smallest absolute Gasteiger partial charge is 0.160 e. The molecule has 0 N–H and O–H groups in total. The van der Waals surface area contributed by atoms with E-state index in [0.717, 1.165) is 0 Å². The molecule has 0 radical (unpaired) electrons. The Balaban J connectivity index is 2.46. The summed E-state index contributed by atoms with van der Waals surface area (Å²) < 4.78 is 0. The minimum absolute atomic E-state index is 0.191. The van der Waals surface area contributed by atoms with Gasteiger partial charge >= 0.3 is 0 Å². The lowest BCUT2D eigenvalue weighted by Gasteiger charge is -2.03. The first-order valence-corrected chi connectivity index (χ1v) is 5.88. The van der Waals surface area contributed by atoms with E-state index < -0.39 is 0 Å². The van der Waals surface area contributed by atoms with E-state index >= 15 is 0 Å². The second kappa shape index (κ2) is 6.26. The molecule has 2 rings (SSSR count). The molecule has 6 heteroatoms. The minimum atomic E-state index is -0.191. The molecule has 0 aliphatic rings. The maximum atomic E-state index is 11.5. The highest BCUT2D eigenvalue weighted by molar-refractivity contribution is 6.01. The second-order valence-corrected chi connectivity index (χ2v) is 3.95. The van der Waals surface area contributed by atoms with Crippen LogP contribution in [0.2, 0.25) is 0 Å². The van der Waals surface area contributed by atoms with Crippen LogP contribution in [0.1, 0.15) is 17.3 Å². The first kappa shape index (κ1) is 13.5. The van der Waals surface area contributed by atoms with Gasteiger partial charge in [-0.25, -0.2) is 0 Å². The molecule has 2 aromatic rings. The lowest BCUT2D eigenvalue weighted by molar-refractivity contribution is 0.101. The summed E-state index contributed by atoms with van der Waals surface area (Å²) in [4.78, 5) is 14.2. The molecule has 0 saturated carbocycles. The fourth-order valence-electron chi connectivity index (χ4n) is 1.65. The third-order valence-corrected chi connectivity index (χ3v) is 2.57. The van der Waals surface area contributed by atoms with E-state index in [9.17, 15) is 4.79 Å². The Morgan fingerprint density at radius 3 is 2.45 bits per heavy atom. The van der Waals surface area contributed by atoms with Gasteiger partial charge in [-0.15, -0.1) is 0 Å². The molecule has 20 heavy (non-hydrogen) atoms. The molecule has 0 amide bonds. The number of nitrogens with zero attached hydrogens (tertiary/aromatic N) is 5. The lowest BCUT2D eigenvalue weighted by atomic mass is 10.1. The number of azo groups is 1. The molecule has 0 unspecified atom stereocenters. The number of hydrogen-bond acceptors (Lipinski definition) is 4. The van der Waals surface area contributed by atoms with Gasteiger partial charge in [0.2, 0.25) is 0 Å². The lowest BCUT2D eigenvalue weighted by Crippen LogP contribution is -1.91. The van der Waals surface area contributed by atoms with Crippen LogP contribution in [0.25, 0.3) is 10.4 Å². The average Bonchev–Trinajstić information content (AvgIpc) is 2.47. The number of carbonyl (C=O) groups is 1. The third kappa shape index (κ3) is 3.07. The van der Waals surface area contributed by atoms with Crippen molar-refractivity contribution in [2.45, 2.75) is 6.92 Å². The fraction of sp³-hybridized carbons (Fsp3) is 0.0714. The van der Waals surface area contributed by atoms with Gasteiger partial charge in [-0.1, -0.05) is 35.4 Å². The van der Waals surface area contributed by atoms with Gasteiger partial charge in [0, 0.05) is 10.5 Å². The van der Waals surface area contributed by atoms with Gasteiger partial charge in [0.05, 0.1) is 17.1 Å². The van der Waals surface area contributed by atoms with Gasteiger partial charge in [0.1, 0.15) is 0 Å². The SMILES string of the molecule is CC(=O)c1cccc(N=Nc2ccccc2)c1N=[N+]=[N-]. The van der Waals surface area contributed by atoms with Crippen molar-refractivity contribution in [3.63, 3.8) is 0 Å². The zero-order valence-electron chi connectivity index (χ0n) is 10.8. The van der Waals surface area contributed by atoms with E-state index in [-0.39, 0.29) is 11.5 Å². The maximum absolute atomic E-state index is 11.5. The average molecular weight is 265 g/mol. The molecule has 6 nitrogen and oxygen atoms in total. The standard InChI is InChI=1S/C14H11N5O/c1-10(20)12-8-5-9-13(14(12)18-19-15)17-16-11-6-3-2-4-7-11/h2-9H,1H3. The first-order valence-electron chi connectivity index (χ1n) is 5.88. The predicted molar refractivity (Wildman–Crippen MR) is 75.9 cm³/mol. The van der Waals surface area contributed by atoms with Crippen LogP contribution in [-0.2, 0) is 0 Å². The van der Waals surface area contributed by atoms with Crippen molar-refractivity contribution in [1.29, 1.82) is 0 Å². The summed E-state index contributed by atoms with van der Waals surface area (Å²) in [6.45, 7) is 1.41. The summed E-state index contributed by atoms with van der Waals surface area (Å²) >= 11 is 0. The van der Waals surface area contributed by atoms with Gasteiger partial charge in [-0.2, -0.15) is 10.2 Å². The van der Waals surface area contributed by atoms with Crippen LogP contribution in [0.5, 0.6) is 0 Å². The van der Waals surface area contributed by atoms with Crippen molar-refractivity contribution in [1.82, 2.24) is 0 Å². The van der Waals surface area contributed by atoms with Crippen LogP contribution in [0.15, 0.2) is 63.9 Å². The third-order valence-electron chi connectivity index (χ3n) is 2.57. The van der Waals surface area contributed by atoms with E-state index in [4.69, 9.17) is 5.53 Å².